The summed E-state index contributed by atoms with van der Waals surface area (Å²) in [6.45, 7) is 6.48. The minimum Gasteiger partial charge on any atom is -0.355 e. The number of aryl methyl sites for hydroxylation is 1. The number of anilines is 2. The molecule has 0 aliphatic carbocycles. The average molecular weight is 403 g/mol. The molecule has 0 saturated carbocycles. The molecule has 3 rings (SSSR count). The van der Waals surface area contributed by atoms with Crippen LogP contribution in [-0.2, 0) is 14.8 Å². The molecule has 0 unspecified atom stereocenters. The Morgan fingerprint density at radius 3 is 2.61 bits per heavy atom. The molecule has 1 aromatic heterocycles. The molecule has 7 nitrogen and oxygen atoms in total. The number of fused-ring (bicyclic) bond motifs is 1. The van der Waals surface area contributed by atoms with Gasteiger partial charge in [-0.2, -0.15) is 4.31 Å². The van der Waals surface area contributed by atoms with Crippen LogP contribution in [0.1, 0.15) is 25.8 Å². The second-order valence-corrected chi connectivity index (χ2v) is 9.28. The van der Waals surface area contributed by atoms with E-state index >= 15 is 0 Å². The normalized spacial score (nSPS) is 16.1. The van der Waals surface area contributed by atoms with E-state index in [0.29, 0.717) is 18.3 Å². The Labute approximate surface area is 166 Å². The summed E-state index contributed by atoms with van der Waals surface area (Å²) in [5.41, 5.74) is 1.93. The van der Waals surface area contributed by atoms with E-state index in [4.69, 9.17) is 0 Å². The molecule has 0 radical (unpaired) electrons. The van der Waals surface area contributed by atoms with E-state index in [-0.39, 0.29) is 24.0 Å². The Hall–Kier alpha value is -2.45. The van der Waals surface area contributed by atoms with Gasteiger partial charge in [0.25, 0.3) is 0 Å². The lowest BCUT2D eigenvalue weighted by Crippen LogP contribution is -2.49. The van der Waals surface area contributed by atoms with E-state index in [1.165, 1.54) is 10.4 Å². The Morgan fingerprint density at radius 1 is 1.21 bits per heavy atom. The Balaban J connectivity index is 1.88. The van der Waals surface area contributed by atoms with Gasteiger partial charge in [-0.1, -0.05) is 31.5 Å². The van der Waals surface area contributed by atoms with E-state index in [1.54, 1.807) is 12.3 Å². The van der Waals surface area contributed by atoms with Gasteiger partial charge in [-0.15, -0.1) is 0 Å². The topological polar surface area (TPSA) is 82.6 Å². The molecule has 1 N–H and O–H groups in total. The quantitative estimate of drug-likeness (QED) is 0.803. The molecular formula is C20H26N4O3S. The average Bonchev–Trinajstić information content (AvgIpc) is 2.65. The van der Waals surface area contributed by atoms with E-state index in [0.717, 1.165) is 17.7 Å². The molecule has 0 spiro atoms. The zero-order chi connectivity index (χ0) is 20.3. The van der Waals surface area contributed by atoms with Gasteiger partial charge in [0, 0.05) is 18.4 Å². The number of nitrogens with zero attached hydrogens (tertiary/aromatic N) is 3. The van der Waals surface area contributed by atoms with Gasteiger partial charge < -0.3 is 10.2 Å². The van der Waals surface area contributed by atoms with E-state index in [2.05, 4.69) is 24.1 Å². The van der Waals surface area contributed by atoms with Gasteiger partial charge in [0.05, 0.1) is 13.2 Å². The summed E-state index contributed by atoms with van der Waals surface area (Å²) in [4.78, 5) is 18.6. The van der Waals surface area contributed by atoms with Crippen molar-refractivity contribution in [3.8, 4) is 0 Å². The highest BCUT2D eigenvalue weighted by Gasteiger charge is 2.37. The maximum atomic E-state index is 13.0. The molecule has 0 bridgehead atoms. The number of amides is 1. The largest absolute Gasteiger partial charge is 0.355 e. The molecule has 150 valence electrons. The SMILES string of the molecule is Cc1ccc(N2CN(CC(=O)NCCC(C)C)S(=O)(=O)c3cccnc32)cc1. The van der Waals surface area contributed by atoms with Crippen LogP contribution in [0.4, 0.5) is 11.5 Å². The summed E-state index contributed by atoms with van der Waals surface area (Å²) in [5, 5.41) is 2.81. The van der Waals surface area contributed by atoms with Crippen LogP contribution < -0.4 is 10.2 Å². The maximum Gasteiger partial charge on any atom is 0.248 e. The zero-order valence-corrected chi connectivity index (χ0v) is 17.2. The summed E-state index contributed by atoms with van der Waals surface area (Å²) in [6, 6.07) is 10.9. The first-order chi connectivity index (χ1) is 13.3. The fraction of sp³-hybridized carbons (Fsp3) is 0.400. The highest BCUT2D eigenvalue weighted by Crippen LogP contribution is 2.35. The third kappa shape index (κ3) is 4.34. The van der Waals surface area contributed by atoms with Crippen molar-refractivity contribution in [2.45, 2.75) is 32.1 Å². The van der Waals surface area contributed by atoms with Crippen molar-refractivity contribution in [3.63, 3.8) is 0 Å². The van der Waals surface area contributed by atoms with Gasteiger partial charge in [0.2, 0.25) is 15.9 Å². The number of carbonyl (C=O) groups is 1. The van der Waals surface area contributed by atoms with Crippen molar-refractivity contribution in [2.75, 3.05) is 24.7 Å². The van der Waals surface area contributed by atoms with Crippen molar-refractivity contribution >= 4 is 27.4 Å². The lowest BCUT2D eigenvalue weighted by atomic mass is 10.1. The number of pyridine rings is 1. The van der Waals surface area contributed by atoms with E-state index in [9.17, 15) is 13.2 Å². The molecule has 2 heterocycles. The van der Waals surface area contributed by atoms with Crippen molar-refractivity contribution < 1.29 is 13.2 Å². The minimum atomic E-state index is -3.80. The van der Waals surface area contributed by atoms with Crippen molar-refractivity contribution in [2.24, 2.45) is 5.92 Å². The Kier molecular flexibility index (Phi) is 6.00. The van der Waals surface area contributed by atoms with Crippen LogP contribution >= 0.6 is 0 Å². The van der Waals surface area contributed by atoms with Crippen LogP contribution in [0.25, 0.3) is 0 Å². The van der Waals surface area contributed by atoms with Gasteiger partial charge in [0.1, 0.15) is 4.90 Å². The van der Waals surface area contributed by atoms with Crippen molar-refractivity contribution in [3.05, 3.63) is 48.2 Å². The summed E-state index contributed by atoms with van der Waals surface area (Å²) in [6.07, 6.45) is 2.42. The standard InChI is InChI=1S/C20H26N4O3S/c1-15(2)10-12-21-19(25)13-23-14-24(17-8-6-16(3)7-9-17)20-18(28(23,26)27)5-4-11-22-20/h4-9,11,15H,10,12-14H2,1-3H3,(H,21,25). The number of benzene rings is 1. The van der Waals surface area contributed by atoms with Crippen molar-refractivity contribution in [1.29, 1.82) is 0 Å². The molecule has 28 heavy (non-hydrogen) atoms. The molecular weight excluding hydrogens is 376 g/mol. The van der Waals surface area contributed by atoms with E-state index in [1.807, 2.05) is 36.1 Å². The minimum absolute atomic E-state index is 0.0347. The third-order valence-corrected chi connectivity index (χ3v) is 6.43. The second-order valence-electron chi connectivity index (χ2n) is 7.38. The van der Waals surface area contributed by atoms with Gasteiger partial charge in [0.15, 0.2) is 5.82 Å². The third-order valence-electron chi connectivity index (χ3n) is 4.63. The molecule has 0 fully saturated rings. The Bertz CT molecular complexity index is 942. The predicted molar refractivity (Wildman–Crippen MR) is 109 cm³/mol. The molecule has 0 saturated heterocycles. The highest BCUT2D eigenvalue weighted by atomic mass is 32.2. The zero-order valence-electron chi connectivity index (χ0n) is 16.4. The van der Waals surface area contributed by atoms with Crippen LogP contribution in [0, 0.1) is 12.8 Å². The van der Waals surface area contributed by atoms with Crippen LogP contribution in [0.15, 0.2) is 47.5 Å². The maximum absolute atomic E-state index is 13.0. The predicted octanol–water partition coefficient (Wildman–Crippen LogP) is 2.65. The fourth-order valence-electron chi connectivity index (χ4n) is 3.01. The summed E-state index contributed by atoms with van der Waals surface area (Å²) in [5.74, 6) is 0.539. The first-order valence-corrected chi connectivity index (χ1v) is 10.8. The monoisotopic (exact) mass is 402 g/mol. The number of hydrogen-bond donors (Lipinski definition) is 1. The van der Waals surface area contributed by atoms with Crippen molar-refractivity contribution in [1.82, 2.24) is 14.6 Å². The smallest absolute Gasteiger partial charge is 0.248 e. The van der Waals surface area contributed by atoms with Crippen LogP contribution in [0.2, 0.25) is 0 Å². The molecule has 1 aliphatic rings. The fourth-order valence-corrected chi connectivity index (χ4v) is 4.48. The van der Waals surface area contributed by atoms with Crippen LogP contribution in [-0.4, -0.2) is 43.4 Å². The number of rotatable bonds is 6. The molecule has 1 aromatic carbocycles. The number of hydrogen-bond acceptors (Lipinski definition) is 5. The van der Waals surface area contributed by atoms with Gasteiger partial charge in [-0.3, -0.25) is 4.79 Å². The number of carbonyl (C=O) groups excluding carboxylic acids is 1. The van der Waals surface area contributed by atoms with Gasteiger partial charge >= 0.3 is 0 Å². The number of nitrogens with one attached hydrogen (secondary N) is 1. The molecule has 1 amide bonds. The van der Waals surface area contributed by atoms with E-state index < -0.39 is 10.0 Å². The molecule has 8 heteroatoms. The first kappa shape index (κ1) is 20.3. The summed E-state index contributed by atoms with van der Waals surface area (Å²) in [7, 11) is -3.80. The molecule has 2 aromatic rings. The Morgan fingerprint density at radius 2 is 1.93 bits per heavy atom. The van der Waals surface area contributed by atoms with Crippen LogP contribution in [0.5, 0.6) is 0 Å². The summed E-state index contributed by atoms with van der Waals surface area (Å²) < 4.78 is 27.3. The van der Waals surface area contributed by atoms with Gasteiger partial charge in [-0.25, -0.2) is 13.4 Å². The lowest BCUT2D eigenvalue weighted by molar-refractivity contribution is -0.121. The molecule has 0 atom stereocenters. The summed E-state index contributed by atoms with van der Waals surface area (Å²) >= 11 is 0. The molecule has 1 aliphatic heterocycles. The van der Waals surface area contributed by atoms with Gasteiger partial charge in [-0.05, 0) is 43.5 Å². The highest BCUT2D eigenvalue weighted by molar-refractivity contribution is 7.89. The first-order valence-electron chi connectivity index (χ1n) is 9.35. The number of sulfonamides is 1. The van der Waals surface area contributed by atoms with Crippen LogP contribution in [0.3, 0.4) is 0 Å². The lowest BCUT2D eigenvalue weighted by Gasteiger charge is -2.36. The second kappa shape index (κ2) is 8.28. The number of aromatic nitrogens is 1.